The molecule has 2 fully saturated rings. The van der Waals surface area contributed by atoms with Crippen LogP contribution in [0.1, 0.15) is 40.0 Å². The number of rotatable bonds is 4. The van der Waals surface area contributed by atoms with E-state index in [1.165, 1.54) is 11.3 Å². The topological polar surface area (TPSA) is 37.2 Å². The minimum Gasteiger partial charge on any atom is -0.495 e. The van der Waals surface area contributed by atoms with Gasteiger partial charge >= 0.3 is 0 Å². The first-order chi connectivity index (χ1) is 12.5. The molecule has 2 aliphatic rings. The molecular formula is C21H34N3O2+. The van der Waals surface area contributed by atoms with Crippen molar-refractivity contribution in [3.05, 3.63) is 24.3 Å². The van der Waals surface area contributed by atoms with Crippen LogP contribution in [0.5, 0.6) is 5.75 Å². The van der Waals surface area contributed by atoms with E-state index in [4.69, 9.17) is 4.74 Å². The molecule has 1 aromatic carbocycles. The molecule has 0 bridgehead atoms. The van der Waals surface area contributed by atoms with Gasteiger partial charge in [0, 0.05) is 12.1 Å². The van der Waals surface area contributed by atoms with Crippen LogP contribution in [-0.2, 0) is 4.79 Å². The van der Waals surface area contributed by atoms with Crippen LogP contribution in [0.3, 0.4) is 0 Å². The van der Waals surface area contributed by atoms with Crippen LogP contribution >= 0.6 is 0 Å². The molecule has 26 heavy (non-hydrogen) atoms. The lowest BCUT2D eigenvalue weighted by Gasteiger charge is -2.42. The van der Waals surface area contributed by atoms with Gasteiger partial charge in [-0.15, -0.1) is 0 Å². The Morgan fingerprint density at radius 2 is 1.77 bits per heavy atom. The normalized spacial score (nSPS) is 25.8. The Morgan fingerprint density at radius 3 is 2.38 bits per heavy atom. The number of methoxy groups -OCH3 is 1. The van der Waals surface area contributed by atoms with Gasteiger partial charge in [0.1, 0.15) is 5.75 Å². The van der Waals surface area contributed by atoms with E-state index < -0.39 is 0 Å². The van der Waals surface area contributed by atoms with Gasteiger partial charge in [0.2, 0.25) is 0 Å². The second kappa shape index (κ2) is 8.30. The van der Waals surface area contributed by atoms with Gasteiger partial charge < -0.3 is 19.4 Å². The maximum Gasteiger partial charge on any atom is 0.281 e. The van der Waals surface area contributed by atoms with Crippen molar-refractivity contribution in [2.24, 2.45) is 0 Å². The molecule has 0 radical (unpaired) electrons. The van der Waals surface area contributed by atoms with Crippen LogP contribution in [0.2, 0.25) is 0 Å². The number of anilines is 1. The highest BCUT2D eigenvalue weighted by Crippen LogP contribution is 2.27. The number of hydrogen-bond acceptors (Lipinski definition) is 3. The minimum atomic E-state index is 0.0396. The Kier molecular flexibility index (Phi) is 6.07. The molecule has 0 aliphatic carbocycles. The largest absolute Gasteiger partial charge is 0.495 e. The van der Waals surface area contributed by atoms with E-state index >= 15 is 0 Å². The fraction of sp³-hybridized carbons (Fsp3) is 0.667. The zero-order chi connectivity index (χ0) is 18.7. The van der Waals surface area contributed by atoms with E-state index in [9.17, 15) is 4.79 Å². The zero-order valence-electron chi connectivity index (χ0n) is 16.7. The fourth-order valence-electron chi connectivity index (χ4n) is 4.61. The van der Waals surface area contributed by atoms with Gasteiger partial charge in [0.25, 0.3) is 5.91 Å². The van der Waals surface area contributed by atoms with E-state index in [-0.39, 0.29) is 6.04 Å². The van der Waals surface area contributed by atoms with Gasteiger partial charge in [0.05, 0.1) is 39.0 Å². The highest BCUT2D eigenvalue weighted by molar-refractivity contribution is 5.81. The number of likely N-dealkylation sites (tertiary alicyclic amines) is 1. The van der Waals surface area contributed by atoms with Crippen molar-refractivity contribution in [2.75, 3.05) is 38.2 Å². The van der Waals surface area contributed by atoms with Crippen LogP contribution in [-0.4, -0.2) is 62.2 Å². The van der Waals surface area contributed by atoms with Crippen LogP contribution in [0.4, 0.5) is 5.69 Å². The molecule has 0 unspecified atom stereocenters. The molecular weight excluding hydrogens is 326 g/mol. The van der Waals surface area contributed by atoms with Crippen LogP contribution in [0.25, 0.3) is 0 Å². The summed E-state index contributed by atoms with van der Waals surface area (Å²) in [6, 6.07) is 8.99. The van der Waals surface area contributed by atoms with Gasteiger partial charge in [0.15, 0.2) is 6.04 Å². The SMILES string of the molecule is COc1ccccc1N1CC[NH+]([C@H](C)C(=O)N2[C@@H](C)CCC[C@@H]2C)CC1. The predicted octanol–water partition coefficient (Wildman–Crippen LogP) is 1.58. The van der Waals surface area contributed by atoms with Crippen LogP contribution < -0.4 is 14.5 Å². The molecule has 2 heterocycles. The molecule has 1 amide bonds. The first-order valence-corrected chi connectivity index (χ1v) is 10.1. The van der Waals surface area contributed by atoms with Gasteiger partial charge in [-0.05, 0) is 52.2 Å². The maximum atomic E-state index is 13.1. The lowest BCUT2D eigenvalue weighted by atomic mass is 9.96. The van der Waals surface area contributed by atoms with E-state index in [1.54, 1.807) is 7.11 Å². The van der Waals surface area contributed by atoms with Gasteiger partial charge in [-0.3, -0.25) is 4.79 Å². The number of piperazine rings is 1. The van der Waals surface area contributed by atoms with E-state index in [0.29, 0.717) is 18.0 Å². The minimum absolute atomic E-state index is 0.0396. The number of para-hydroxylation sites is 2. The van der Waals surface area contributed by atoms with E-state index in [1.807, 2.05) is 12.1 Å². The third-order valence-corrected chi connectivity index (χ3v) is 6.26. The van der Waals surface area contributed by atoms with Gasteiger partial charge in [-0.2, -0.15) is 0 Å². The molecule has 1 N–H and O–H groups in total. The summed E-state index contributed by atoms with van der Waals surface area (Å²) in [6.45, 7) is 10.4. The summed E-state index contributed by atoms with van der Waals surface area (Å²) in [7, 11) is 1.72. The summed E-state index contributed by atoms with van der Waals surface area (Å²) >= 11 is 0. The average Bonchev–Trinajstić information content (AvgIpc) is 2.67. The van der Waals surface area contributed by atoms with E-state index in [0.717, 1.165) is 50.5 Å². The molecule has 2 saturated heterocycles. The summed E-state index contributed by atoms with van der Waals surface area (Å²) in [5, 5.41) is 0. The fourth-order valence-corrected chi connectivity index (χ4v) is 4.61. The van der Waals surface area contributed by atoms with Crippen molar-refractivity contribution in [1.82, 2.24) is 4.90 Å². The second-order valence-corrected chi connectivity index (χ2v) is 7.91. The number of carbonyl (C=O) groups is 1. The summed E-state index contributed by atoms with van der Waals surface area (Å²) in [6.07, 6.45) is 3.52. The Bertz CT molecular complexity index is 603. The number of nitrogens with one attached hydrogen (secondary N) is 1. The molecule has 3 rings (SSSR count). The molecule has 0 saturated carbocycles. The molecule has 1 aromatic rings. The summed E-state index contributed by atoms with van der Waals surface area (Å²) < 4.78 is 5.50. The first kappa shape index (κ1) is 19.0. The lowest BCUT2D eigenvalue weighted by Crippen LogP contribution is -3.19. The molecule has 3 atom stereocenters. The molecule has 5 heteroatoms. The lowest BCUT2D eigenvalue weighted by molar-refractivity contribution is -0.915. The molecule has 0 spiro atoms. The number of hydrogen-bond donors (Lipinski definition) is 1. The number of benzene rings is 1. The monoisotopic (exact) mass is 360 g/mol. The number of quaternary nitrogens is 1. The quantitative estimate of drug-likeness (QED) is 0.886. The number of ether oxygens (including phenoxy) is 1. The zero-order valence-corrected chi connectivity index (χ0v) is 16.7. The Balaban J connectivity index is 1.61. The molecule has 0 aromatic heterocycles. The predicted molar refractivity (Wildman–Crippen MR) is 105 cm³/mol. The number of amides is 1. The highest BCUT2D eigenvalue weighted by atomic mass is 16.5. The maximum absolute atomic E-state index is 13.1. The molecule has 144 valence electrons. The summed E-state index contributed by atoms with van der Waals surface area (Å²) in [4.78, 5) is 19.1. The third kappa shape index (κ3) is 3.83. The van der Waals surface area contributed by atoms with Crippen molar-refractivity contribution in [2.45, 2.75) is 58.2 Å². The van der Waals surface area contributed by atoms with Gasteiger partial charge in [-0.1, -0.05) is 12.1 Å². The van der Waals surface area contributed by atoms with Crippen molar-refractivity contribution in [3.8, 4) is 5.75 Å². The first-order valence-electron chi connectivity index (χ1n) is 10.1. The number of carbonyl (C=O) groups excluding carboxylic acids is 1. The van der Waals surface area contributed by atoms with Crippen molar-refractivity contribution >= 4 is 11.6 Å². The number of piperidine rings is 1. The second-order valence-electron chi connectivity index (χ2n) is 7.91. The Morgan fingerprint density at radius 1 is 1.15 bits per heavy atom. The third-order valence-electron chi connectivity index (χ3n) is 6.26. The van der Waals surface area contributed by atoms with E-state index in [2.05, 4.69) is 42.7 Å². The molecule has 2 aliphatic heterocycles. The molecule has 5 nitrogen and oxygen atoms in total. The Hall–Kier alpha value is -1.75. The summed E-state index contributed by atoms with van der Waals surface area (Å²) in [5.41, 5.74) is 1.16. The van der Waals surface area contributed by atoms with Crippen LogP contribution in [0.15, 0.2) is 24.3 Å². The average molecular weight is 361 g/mol. The smallest absolute Gasteiger partial charge is 0.281 e. The van der Waals surface area contributed by atoms with Crippen LogP contribution in [0, 0.1) is 0 Å². The van der Waals surface area contributed by atoms with Crippen molar-refractivity contribution < 1.29 is 14.4 Å². The van der Waals surface area contributed by atoms with Crippen molar-refractivity contribution in [3.63, 3.8) is 0 Å². The van der Waals surface area contributed by atoms with Crippen molar-refractivity contribution in [1.29, 1.82) is 0 Å². The standard InChI is InChI=1S/C21H33N3O2/c1-16-8-7-9-17(2)24(16)21(25)18(3)22-12-14-23(15-13-22)19-10-5-6-11-20(19)26-4/h5-6,10-11,16-18H,7-9,12-15H2,1-4H3/p+1/t16-,17-,18+/m0/s1. The highest BCUT2D eigenvalue weighted by Gasteiger charge is 2.37. The number of nitrogens with zero attached hydrogens (tertiary/aromatic N) is 2. The van der Waals surface area contributed by atoms with Gasteiger partial charge in [-0.25, -0.2) is 0 Å². The summed E-state index contributed by atoms with van der Waals surface area (Å²) in [5.74, 6) is 1.27. The Labute approximate surface area is 157 Å².